The number of rotatable bonds is 14. The van der Waals surface area contributed by atoms with E-state index in [1.807, 2.05) is 30.3 Å². The molecule has 0 aliphatic rings. The molecule has 1 aromatic rings. The Morgan fingerprint density at radius 1 is 1.03 bits per heavy atom. The highest BCUT2D eigenvalue weighted by molar-refractivity contribution is 8.13. The summed E-state index contributed by atoms with van der Waals surface area (Å²) in [5, 5.41) is 21.9. The molecule has 6 N–H and O–H groups in total. The van der Waals surface area contributed by atoms with E-state index < -0.39 is 42.4 Å². The van der Waals surface area contributed by atoms with Crippen LogP contribution in [0.15, 0.2) is 30.3 Å². The summed E-state index contributed by atoms with van der Waals surface area (Å²) < 4.78 is 0. The van der Waals surface area contributed by atoms with Crippen LogP contribution >= 0.6 is 11.8 Å². The van der Waals surface area contributed by atoms with Crippen molar-refractivity contribution in [1.29, 1.82) is 0 Å². The number of carboxylic acids is 2. The van der Waals surface area contributed by atoms with Gasteiger partial charge in [-0.15, -0.1) is 0 Å². The van der Waals surface area contributed by atoms with Crippen molar-refractivity contribution in [3.05, 3.63) is 35.9 Å². The standard InChI is InChI=1S/C20H27N3O7S/c21-14(20(29)30)9-10-16(24)23-15(19(28)22-11-17(25)26)12-31-18(27)8-4-7-13-5-2-1-3-6-13/h1-3,5-6,14-15H,4,7-12,21H2,(H,22,28)(H,23,24)(H,25,26)(H,29,30)/t14-,15-/m0/s1. The van der Waals surface area contributed by atoms with E-state index >= 15 is 0 Å². The average Bonchev–Trinajstić information content (AvgIpc) is 2.73. The number of aliphatic carboxylic acids is 2. The van der Waals surface area contributed by atoms with Gasteiger partial charge in [0, 0.05) is 18.6 Å². The maximum absolute atomic E-state index is 12.2. The molecule has 31 heavy (non-hydrogen) atoms. The molecule has 0 saturated carbocycles. The smallest absolute Gasteiger partial charge is 0.322 e. The number of carbonyl (C=O) groups excluding carboxylic acids is 3. The number of hydrogen-bond acceptors (Lipinski definition) is 7. The van der Waals surface area contributed by atoms with Crippen LogP contribution in [0.5, 0.6) is 0 Å². The van der Waals surface area contributed by atoms with E-state index in [0.29, 0.717) is 6.42 Å². The third-order valence-corrected chi connectivity index (χ3v) is 5.19. The topological polar surface area (TPSA) is 176 Å². The molecule has 0 saturated heterocycles. The van der Waals surface area contributed by atoms with E-state index in [9.17, 15) is 24.0 Å². The van der Waals surface area contributed by atoms with Gasteiger partial charge in [-0.1, -0.05) is 42.1 Å². The van der Waals surface area contributed by atoms with Gasteiger partial charge in [-0.25, -0.2) is 0 Å². The van der Waals surface area contributed by atoms with Crippen LogP contribution in [0, 0.1) is 0 Å². The number of benzene rings is 1. The van der Waals surface area contributed by atoms with Crippen LogP contribution in [-0.4, -0.2) is 63.5 Å². The van der Waals surface area contributed by atoms with Gasteiger partial charge in [0.15, 0.2) is 5.12 Å². The lowest BCUT2D eigenvalue weighted by molar-refractivity contribution is -0.139. The highest BCUT2D eigenvalue weighted by atomic mass is 32.2. The Kier molecular flexibility index (Phi) is 11.9. The molecule has 0 aliphatic heterocycles. The van der Waals surface area contributed by atoms with Crippen LogP contribution in [0.3, 0.4) is 0 Å². The van der Waals surface area contributed by atoms with E-state index in [1.54, 1.807) is 0 Å². The molecule has 0 spiro atoms. The first-order valence-electron chi connectivity index (χ1n) is 9.65. The van der Waals surface area contributed by atoms with E-state index in [2.05, 4.69) is 10.6 Å². The largest absolute Gasteiger partial charge is 0.480 e. The summed E-state index contributed by atoms with van der Waals surface area (Å²) in [6.07, 6.45) is 1.29. The van der Waals surface area contributed by atoms with Gasteiger partial charge in [0.1, 0.15) is 18.6 Å². The van der Waals surface area contributed by atoms with Gasteiger partial charge in [-0.2, -0.15) is 0 Å². The van der Waals surface area contributed by atoms with Crippen molar-refractivity contribution < 1.29 is 34.2 Å². The number of carbonyl (C=O) groups is 5. The zero-order chi connectivity index (χ0) is 23.2. The summed E-state index contributed by atoms with van der Waals surface area (Å²) in [6.45, 7) is -0.634. The van der Waals surface area contributed by atoms with Crippen LogP contribution in [0.2, 0.25) is 0 Å². The fourth-order valence-corrected chi connectivity index (χ4v) is 3.35. The van der Waals surface area contributed by atoms with Crippen molar-refractivity contribution in [3.8, 4) is 0 Å². The molecule has 0 heterocycles. The molecule has 0 aromatic heterocycles. The number of hydrogen-bond donors (Lipinski definition) is 5. The molecular weight excluding hydrogens is 426 g/mol. The van der Waals surface area contributed by atoms with Crippen molar-refractivity contribution in [3.63, 3.8) is 0 Å². The van der Waals surface area contributed by atoms with Crippen LogP contribution in [0.4, 0.5) is 0 Å². The summed E-state index contributed by atoms with van der Waals surface area (Å²) in [5.74, 6) is -3.95. The number of aryl methyl sites for hydroxylation is 1. The first-order valence-corrected chi connectivity index (χ1v) is 10.6. The Bertz CT molecular complexity index is 773. The summed E-state index contributed by atoms with van der Waals surface area (Å²) in [6, 6.07) is 7.31. The van der Waals surface area contributed by atoms with Gasteiger partial charge in [-0.3, -0.25) is 24.0 Å². The average molecular weight is 454 g/mol. The Morgan fingerprint density at radius 3 is 2.32 bits per heavy atom. The fourth-order valence-electron chi connectivity index (χ4n) is 2.48. The zero-order valence-electron chi connectivity index (χ0n) is 16.9. The molecule has 0 fully saturated rings. The summed E-state index contributed by atoms with van der Waals surface area (Å²) >= 11 is 0.873. The van der Waals surface area contributed by atoms with Crippen molar-refractivity contribution in [2.24, 2.45) is 5.73 Å². The molecule has 2 amide bonds. The van der Waals surface area contributed by atoms with E-state index in [1.165, 1.54) is 0 Å². The molecule has 10 nitrogen and oxygen atoms in total. The lowest BCUT2D eigenvalue weighted by atomic mass is 10.1. The minimum absolute atomic E-state index is 0.0770. The van der Waals surface area contributed by atoms with Crippen molar-refractivity contribution in [2.45, 2.75) is 44.2 Å². The molecule has 0 bridgehead atoms. The number of nitrogens with two attached hydrogens (primary N) is 1. The maximum Gasteiger partial charge on any atom is 0.322 e. The number of carboxylic acid groups (broad SMARTS) is 2. The first kappa shape index (κ1) is 26.1. The predicted molar refractivity (Wildman–Crippen MR) is 114 cm³/mol. The van der Waals surface area contributed by atoms with Crippen molar-refractivity contribution in [1.82, 2.24) is 10.6 Å². The molecule has 1 rings (SSSR count). The molecule has 2 atom stereocenters. The first-order chi connectivity index (χ1) is 14.7. The normalized spacial score (nSPS) is 12.4. The molecular formula is C20H27N3O7S. The molecule has 0 radical (unpaired) electrons. The lowest BCUT2D eigenvalue weighted by Crippen LogP contribution is -2.49. The van der Waals surface area contributed by atoms with Crippen LogP contribution in [0.1, 0.15) is 31.2 Å². The molecule has 1 aromatic carbocycles. The zero-order valence-corrected chi connectivity index (χ0v) is 17.7. The summed E-state index contributed by atoms with van der Waals surface area (Å²) in [4.78, 5) is 57.8. The molecule has 0 aliphatic carbocycles. The van der Waals surface area contributed by atoms with Crippen molar-refractivity contribution in [2.75, 3.05) is 12.3 Å². The van der Waals surface area contributed by atoms with Gasteiger partial charge in [0.25, 0.3) is 0 Å². The van der Waals surface area contributed by atoms with Crippen molar-refractivity contribution >= 4 is 40.6 Å². The summed E-state index contributed by atoms with van der Waals surface area (Å²) in [7, 11) is 0. The molecule has 11 heteroatoms. The Balaban J connectivity index is 2.53. The Morgan fingerprint density at radius 2 is 1.71 bits per heavy atom. The lowest BCUT2D eigenvalue weighted by Gasteiger charge is -2.18. The second-order valence-corrected chi connectivity index (χ2v) is 7.81. The van der Waals surface area contributed by atoms with E-state index in [0.717, 1.165) is 23.7 Å². The minimum Gasteiger partial charge on any atom is -0.480 e. The Hall–Kier alpha value is -2.92. The predicted octanol–water partition coefficient (Wildman–Crippen LogP) is 0.147. The van der Waals surface area contributed by atoms with Crippen LogP contribution in [0.25, 0.3) is 0 Å². The van der Waals surface area contributed by atoms with Gasteiger partial charge < -0.3 is 26.6 Å². The second-order valence-electron chi connectivity index (χ2n) is 6.74. The Labute approximate surface area is 183 Å². The van der Waals surface area contributed by atoms with Gasteiger partial charge in [0.2, 0.25) is 11.8 Å². The molecule has 0 unspecified atom stereocenters. The minimum atomic E-state index is -1.25. The van der Waals surface area contributed by atoms with Crippen LogP contribution < -0.4 is 16.4 Å². The SMILES string of the molecule is N[C@@H](CCC(=O)N[C@@H](CSC(=O)CCCc1ccccc1)C(=O)NCC(=O)O)C(=O)O. The van der Waals surface area contributed by atoms with E-state index in [4.69, 9.17) is 15.9 Å². The highest BCUT2D eigenvalue weighted by Crippen LogP contribution is 2.12. The quantitative estimate of drug-likeness (QED) is 0.262. The summed E-state index contributed by atoms with van der Waals surface area (Å²) in [5.41, 5.74) is 6.46. The third kappa shape index (κ3) is 11.7. The highest BCUT2D eigenvalue weighted by Gasteiger charge is 2.23. The maximum atomic E-state index is 12.2. The number of amides is 2. The fraction of sp³-hybridized carbons (Fsp3) is 0.450. The van der Waals surface area contributed by atoms with Gasteiger partial charge in [0.05, 0.1) is 0 Å². The van der Waals surface area contributed by atoms with E-state index in [-0.39, 0.29) is 30.1 Å². The van der Waals surface area contributed by atoms with Crippen LogP contribution in [-0.2, 0) is 30.4 Å². The third-order valence-electron chi connectivity index (χ3n) is 4.17. The number of nitrogens with one attached hydrogen (secondary N) is 2. The van der Waals surface area contributed by atoms with Gasteiger partial charge >= 0.3 is 11.9 Å². The van der Waals surface area contributed by atoms with Gasteiger partial charge in [-0.05, 0) is 24.8 Å². The number of thioether (sulfide) groups is 1. The molecule has 170 valence electrons. The monoisotopic (exact) mass is 453 g/mol. The second kappa shape index (κ2) is 14.1.